The van der Waals surface area contributed by atoms with Gasteiger partial charge >= 0.3 is 0 Å². The summed E-state index contributed by atoms with van der Waals surface area (Å²) in [7, 11) is 0. The first kappa shape index (κ1) is 12.1. The number of hydrogen-bond donors (Lipinski definition) is 2. The molecule has 0 heterocycles. The van der Waals surface area contributed by atoms with E-state index in [4.69, 9.17) is 5.73 Å². The maximum atomic E-state index is 12.7. The van der Waals surface area contributed by atoms with Crippen LogP contribution in [0, 0.1) is 5.82 Å². The molecule has 0 fully saturated rings. The van der Waals surface area contributed by atoms with Gasteiger partial charge in [-0.2, -0.15) is 0 Å². The van der Waals surface area contributed by atoms with E-state index in [0.717, 1.165) is 5.56 Å². The summed E-state index contributed by atoms with van der Waals surface area (Å²) in [5, 5.41) is 9.61. The molecule has 3 unspecified atom stereocenters. The molecule has 1 rings (SSSR count). The SMILES string of the molecule is CC(CC(O)C(C)N)c1ccc(F)cc1. The normalized spacial score (nSPS) is 17.1. The lowest BCUT2D eigenvalue weighted by Crippen LogP contribution is -2.32. The number of aliphatic hydroxyl groups excluding tert-OH is 1. The Hall–Kier alpha value is -0.930. The Morgan fingerprint density at radius 2 is 1.80 bits per heavy atom. The highest BCUT2D eigenvalue weighted by Crippen LogP contribution is 2.21. The van der Waals surface area contributed by atoms with E-state index in [1.54, 1.807) is 19.1 Å². The van der Waals surface area contributed by atoms with Crippen LogP contribution >= 0.6 is 0 Å². The largest absolute Gasteiger partial charge is 0.392 e. The monoisotopic (exact) mass is 211 g/mol. The van der Waals surface area contributed by atoms with Crippen molar-refractivity contribution in [3.05, 3.63) is 35.6 Å². The molecular formula is C12H18FNO. The first-order valence-corrected chi connectivity index (χ1v) is 5.20. The van der Waals surface area contributed by atoms with E-state index < -0.39 is 6.10 Å². The van der Waals surface area contributed by atoms with Crippen LogP contribution in [0.15, 0.2) is 24.3 Å². The van der Waals surface area contributed by atoms with Crippen molar-refractivity contribution in [1.82, 2.24) is 0 Å². The Labute approximate surface area is 89.9 Å². The van der Waals surface area contributed by atoms with Crippen molar-refractivity contribution in [2.24, 2.45) is 5.73 Å². The van der Waals surface area contributed by atoms with Gasteiger partial charge in [-0.05, 0) is 37.0 Å². The molecule has 0 saturated carbocycles. The topological polar surface area (TPSA) is 46.2 Å². The summed E-state index contributed by atoms with van der Waals surface area (Å²) in [6, 6.07) is 6.13. The second-order valence-electron chi connectivity index (χ2n) is 4.11. The highest BCUT2D eigenvalue weighted by atomic mass is 19.1. The third-order valence-electron chi connectivity index (χ3n) is 2.64. The molecule has 1 aromatic carbocycles. The Balaban J connectivity index is 2.61. The van der Waals surface area contributed by atoms with Crippen molar-refractivity contribution in [3.63, 3.8) is 0 Å². The maximum absolute atomic E-state index is 12.7. The van der Waals surface area contributed by atoms with Crippen LogP contribution in [-0.4, -0.2) is 17.3 Å². The van der Waals surface area contributed by atoms with E-state index in [2.05, 4.69) is 0 Å². The summed E-state index contributed by atoms with van der Waals surface area (Å²) in [5.41, 5.74) is 6.60. The first-order chi connectivity index (χ1) is 7.00. The molecule has 0 aliphatic heterocycles. The van der Waals surface area contributed by atoms with Gasteiger partial charge in [-0.15, -0.1) is 0 Å². The molecule has 3 atom stereocenters. The molecule has 0 spiro atoms. The lowest BCUT2D eigenvalue weighted by atomic mass is 9.93. The van der Waals surface area contributed by atoms with Crippen molar-refractivity contribution < 1.29 is 9.50 Å². The summed E-state index contributed by atoms with van der Waals surface area (Å²) in [6.07, 6.45) is 0.0913. The Bertz CT molecular complexity index is 297. The van der Waals surface area contributed by atoms with Gasteiger partial charge in [-0.25, -0.2) is 4.39 Å². The maximum Gasteiger partial charge on any atom is 0.123 e. The molecule has 1 aromatic rings. The highest BCUT2D eigenvalue weighted by molar-refractivity contribution is 5.19. The third-order valence-corrected chi connectivity index (χ3v) is 2.64. The molecule has 0 aliphatic rings. The van der Waals surface area contributed by atoms with E-state index >= 15 is 0 Å². The molecule has 15 heavy (non-hydrogen) atoms. The van der Waals surface area contributed by atoms with Crippen LogP contribution in [0.3, 0.4) is 0 Å². The molecule has 3 heteroatoms. The van der Waals surface area contributed by atoms with Gasteiger partial charge in [0.2, 0.25) is 0 Å². The summed E-state index contributed by atoms with van der Waals surface area (Å²) < 4.78 is 12.7. The fraction of sp³-hybridized carbons (Fsp3) is 0.500. The number of halogens is 1. The van der Waals surface area contributed by atoms with Crippen LogP contribution in [-0.2, 0) is 0 Å². The standard InChI is InChI=1S/C12H18FNO/c1-8(7-12(15)9(2)14)10-3-5-11(13)6-4-10/h3-6,8-9,12,15H,7,14H2,1-2H3. The van der Waals surface area contributed by atoms with Crippen LogP contribution in [0.4, 0.5) is 4.39 Å². The van der Waals surface area contributed by atoms with Gasteiger partial charge in [-0.3, -0.25) is 0 Å². The van der Waals surface area contributed by atoms with Crippen LogP contribution in [0.1, 0.15) is 31.7 Å². The van der Waals surface area contributed by atoms with Crippen molar-refractivity contribution in [2.75, 3.05) is 0 Å². The minimum Gasteiger partial charge on any atom is -0.392 e. The van der Waals surface area contributed by atoms with Gasteiger partial charge in [0.25, 0.3) is 0 Å². The molecule has 0 aliphatic carbocycles. The predicted molar refractivity (Wildman–Crippen MR) is 59.1 cm³/mol. The molecule has 3 N–H and O–H groups in total. The molecule has 2 nitrogen and oxygen atoms in total. The summed E-state index contributed by atoms with van der Waals surface area (Å²) in [5.74, 6) is -0.0507. The van der Waals surface area contributed by atoms with Gasteiger partial charge < -0.3 is 10.8 Å². The number of nitrogens with two attached hydrogens (primary N) is 1. The van der Waals surface area contributed by atoms with Gasteiger partial charge in [-0.1, -0.05) is 19.1 Å². The minimum atomic E-state index is -0.509. The Morgan fingerprint density at radius 3 is 2.27 bits per heavy atom. The van der Waals surface area contributed by atoms with Crippen molar-refractivity contribution in [2.45, 2.75) is 38.3 Å². The summed E-state index contributed by atoms with van der Waals surface area (Å²) in [6.45, 7) is 3.78. The molecule has 0 radical (unpaired) electrons. The Morgan fingerprint density at radius 1 is 1.27 bits per heavy atom. The third kappa shape index (κ3) is 3.61. The Kier molecular flexibility index (Phi) is 4.24. The molecular weight excluding hydrogens is 193 g/mol. The predicted octanol–water partition coefficient (Wildman–Crippen LogP) is 2.03. The first-order valence-electron chi connectivity index (χ1n) is 5.20. The number of benzene rings is 1. The van der Waals surface area contributed by atoms with Crippen LogP contribution < -0.4 is 5.73 Å². The van der Waals surface area contributed by atoms with E-state index in [0.29, 0.717) is 6.42 Å². The molecule has 0 bridgehead atoms. The minimum absolute atomic E-state index is 0.187. The smallest absolute Gasteiger partial charge is 0.123 e. The van der Waals surface area contributed by atoms with E-state index in [-0.39, 0.29) is 17.8 Å². The van der Waals surface area contributed by atoms with Crippen LogP contribution in [0.2, 0.25) is 0 Å². The quantitative estimate of drug-likeness (QED) is 0.800. The van der Waals surface area contributed by atoms with Gasteiger partial charge in [0.1, 0.15) is 5.82 Å². The van der Waals surface area contributed by atoms with Crippen LogP contribution in [0.25, 0.3) is 0 Å². The van der Waals surface area contributed by atoms with Gasteiger partial charge in [0.15, 0.2) is 0 Å². The molecule has 0 saturated heterocycles. The van der Waals surface area contributed by atoms with Crippen molar-refractivity contribution in [1.29, 1.82) is 0 Å². The van der Waals surface area contributed by atoms with E-state index in [9.17, 15) is 9.50 Å². The number of aliphatic hydroxyl groups is 1. The lowest BCUT2D eigenvalue weighted by molar-refractivity contribution is 0.134. The number of rotatable bonds is 4. The van der Waals surface area contributed by atoms with Crippen LogP contribution in [0.5, 0.6) is 0 Å². The van der Waals surface area contributed by atoms with Crippen molar-refractivity contribution in [3.8, 4) is 0 Å². The summed E-state index contributed by atoms with van der Waals surface area (Å²) in [4.78, 5) is 0. The lowest BCUT2D eigenvalue weighted by Gasteiger charge is -2.19. The number of hydrogen-bond acceptors (Lipinski definition) is 2. The fourth-order valence-corrected chi connectivity index (χ4v) is 1.50. The van der Waals surface area contributed by atoms with E-state index in [1.165, 1.54) is 12.1 Å². The second kappa shape index (κ2) is 5.24. The highest BCUT2D eigenvalue weighted by Gasteiger charge is 2.15. The summed E-state index contributed by atoms with van der Waals surface area (Å²) >= 11 is 0. The zero-order chi connectivity index (χ0) is 11.4. The van der Waals surface area contributed by atoms with Gasteiger partial charge in [0, 0.05) is 6.04 Å². The molecule has 0 aromatic heterocycles. The fourth-order valence-electron chi connectivity index (χ4n) is 1.50. The van der Waals surface area contributed by atoms with E-state index in [1.807, 2.05) is 6.92 Å². The molecule has 84 valence electrons. The zero-order valence-corrected chi connectivity index (χ0v) is 9.15. The van der Waals surface area contributed by atoms with Gasteiger partial charge in [0.05, 0.1) is 6.10 Å². The van der Waals surface area contributed by atoms with Crippen molar-refractivity contribution >= 4 is 0 Å². The average molecular weight is 211 g/mol. The second-order valence-corrected chi connectivity index (χ2v) is 4.11. The zero-order valence-electron chi connectivity index (χ0n) is 9.15. The molecule has 0 amide bonds. The average Bonchev–Trinajstić information content (AvgIpc) is 2.18.